The van der Waals surface area contributed by atoms with E-state index >= 15 is 0 Å². The van der Waals surface area contributed by atoms with Crippen molar-refractivity contribution in [1.82, 2.24) is 5.32 Å². The van der Waals surface area contributed by atoms with Crippen LogP contribution in [0.4, 0.5) is 0 Å². The molecule has 0 aliphatic heterocycles. The lowest BCUT2D eigenvalue weighted by Crippen LogP contribution is -2.34. The number of benzene rings is 1. The zero-order valence-corrected chi connectivity index (χ0v) is 13.3. The molecule has 1 aliphatic rings. The summed E-state index contributed by atoms with van der Waals surface area (Å²) < 4.78 is 0. The average molecular weight is 288 g/mol. The molecule has 3 heteroatoms. The molecule has 3 nitrogen and oxygen atoms in total. The summed E-state index contributed by atoms with van der Waals surface area (Å²) >= 11 is 0. The molecule has 3 N–H and O–H groups in total. The topological polar surface area (TPSA) is 55.1 Å². The van der Waals surface area contributed by atoms with Crippen LogP contribution >= 0.6 is 0 Å². The fourth-order valence-electron chi connectivity index (χ4n) is 3.45. The second-order valence-corrected chi connectivity index (χ2v) is 6.80. The van der Waals surface area contributed by atoms with E-state index in [-0.39, 0.29) is 5.91 Å². The van der Waals surface area contributed by atoms with Crippen molar-refractivity contribution >= 4 is 5.91 Å². The maximum atomic E-state index is 11.2. The highest BCUT2D eigenvalue weighted by molar-refractivity contribution is 5.92. The van der Waals surface area contributed by atoms with Gasteiger partial charge in [0.25, 0.3) is 0 Å². The van der Waals surface area contributed by atoms with Crippen LogP contribution < -0.4 is 11.1 Å². The number of amides is 1. The van der Waals surface area contributed by atoms with Gasteiger partial charge in [0.05, 0.1) is 0 Å². The van der Waals surface area contributed by atoms with Crippen LogP contribution in [0.5, 0.6) is 0 Å². The number of hydrogen-bond donors (Lipinski definition) is 2. The lowest BCUT2D eigenvalue weighted by atomic mass is 9.81. The molecule has 1 aliphatic carbocycles. The normalized spacial score (nSPS) is 22.4. The number of primary amides is 1. The number of nitrogens with one attached hydrogen (secondary N) is 1. The van der Waals surface area contributed by atoms with E-state index in [1.54, 1.807) is 6.07 Å². The molecule has 1 amide bonds. The molecule has 1 fully saturated rings. The Morgan fingerprint density at radius 3 is 2.90 bits per heavy atom. The van der Waals surface area contributed by atoms with E-state index in [1.807, 2.05) is 18.2 Å². The summed E-state index contributed by atoms with van der Waals surface area (Å²) in [5.41, 5.74) is 7.06. The lowest BCUT2D eigenvalue weighted by Gasteiger charge is -2.31. The maximum Gasteiger partial charge on any atom is 0.248 e. The molecule has 116 valence electrons. The SMILES string of the molecule is CC(C)CC1CCCC(NCc2cccc(C(N)=O)c2)C1. The van der Waals surface area contributed by atoms with Gasteiger partial charge in [0.1, 0.15) is 0 Å². The Morgan fingerprint density at radius 1 is 1.38 bits per heavy atom. The van der Waals surface area contributed by atoms with Crippen LogP contribution in [-0.2, 0) is 6.54 Å². The van der Waals surface area contributed by atoms with Crippen molar-refractivity contribution in [1.29, 1.82) is 0 Å². The molecule has 0 aromatic heterocycles. The Labute approximate surface area is 128 Å². The quantitative estimate of drug-likeness (QED) is 0.842. The Hall–Kier alpha value is -1.35. The number of carbonyl (C=O) groups excluding carboxylic acids is 1. The van der Waals surface area contributed by atoms with E-state index < -0.39 is 0 Å². The van der Waals surface area contributed by atoms with Gasteiger partial charge in [-0.2, -0.15) is 0 Å². The summed E-state index contributed by atoms with van der Waals surface area (Å²) in [6.07, 6.45) is 6.61. The molecular formula is C18H28N2O. The maximum absolute atomic E-state index is 11.2. The highest BCUT2D eigenvalue weighted by Gasteiger charge is 2.22. The van der Waals surface area contributed by atoms with Gasteiger partial charge in [0.2, 0.25) is 5.91 Å². The van der Waals surface area contributed by atoms with E-state index in [2.05, 4.69) is 19.2 Å². The minimum atomic E-state index is -0.355. The molecule has 0 saturated heterocycles. The van der Waals surface area contributed by atoms with Gasteiger partial charge in [-0.1, -0.05) is 38.8 Å². The lowest BCUT2D eigenvalue weighted by molar-refractivity contribution is 0.1000. The number of hydrogen-bond acceptors (Lipinski definition) is 2. The zero-order valence-electron chi connectivity index (χ0n) is 13.3. The molecule has 21 heavy (non-hydrogen) atoms. The monoisotopic (exact) mass is 288 g/mol. The summed E-state index contributed by atoms with van der Waals surface area (Å²) in [5.74, 6) is 1.31. The second-order valence-electron chi connectivity index (χ2n) is 6.80. The number of nitrogens with two attached hydrogens (primary N) is 1. The van der Waals surface area contributed by atoms with E-state index in [9.17, 15) is 4.79 Å². The van der Waals surface area contributed by atoms with Crippen LogP contribution in [0.25, 0.3) is 0 Å². The van der Waals surface area contributed by atoms with Gasteiger partial charge in [-0.15, -0.1) is 0 Å². The summed E-state index contributed by atoms with van der Waals surface area (Å²) in [5, 5.41) is 3.66. The minimum Gasteiger partial charge on any atom is -0.366 e. The van der Waals surface area contributed by atoms with Crippen molar-refractivity contribution in [2.45, 2.75) is 58.5 Å². The van der Waals surface area contributed by atoms with Gasteiger partial charge in [0.15, 0.2) is 0 Å². The molecule has 0 heterocycles. The predicted octanol–water partition coefficient (Wildman–Crippen LogP) is 3.48. The third-order valence-corrected chi connectivity index (χ3v) is 4.39. The van der Waals surface area contributed by atoms with Gasteiger partial charge < -0.3 is 11.1 Å². The molecule has 2 rings (SSSR count). The zero-order chi connectivity index (χ0) is 15.2. The summed E-state index contributed by atoms with van der Waals surface area (Å²) in [7, 11) is 0. The highest BCUT2D eigenvalue weighted by Crippen LogP contribution is 2.29. The average Bonchev–Trinajstić information content (AvgIpc) is 2.45. The highest BCUT2D eigenvalue weighted by atomic mass is 16.1. The molecule has 0 bridgehead atoms. The standard InChI is InChI=1S/C18H28N2O/c1-13(2)9-14-5-4-8-17(11-14)20-12-15-6-3-7-16(10-15)18(19)21/h3,6-7,10,13-14,17,20H,4-5,8-9,11-12H2,1-2H3,(H2,19,21). The third kappa shape index (κ3) is 5.16. The molecule has 2 unspecified atom stereocenters. The van der Waals surface area contributed by atoms with Gasteiger partial charge in [-0.05, 0) is 48.8 Å². The van der Waals surface area contributed by atoms with Gasteiger partial charge in [0, 0.05) is 18.2 Å². The molecule has 0 spiro atoms. The first-order chi connectivity index (χ1) is 10.0. The fraction of sp³-hybridized carbons (Fsp3) is 0.611. The first-order valence-electron chi connectivity index (χ1n) is 8.16. The Bertz CT molecular complexity index is 470. The first-order valence-corrected chi connectivity index (χ1v) is 8.16. The van der Waals surface area contributed by atoms with Gasteiger partial charge in [-0.3, -0.25) is 4.79 Å². The van der Waals surface area contributed by atoms with Gasteiger partial charge in [-0.25, -0.2) is 0 Å². The molecular weight excluding hydrogens is 260 g/mol. The van der Waals surface area contributed by atoms with Crippen LogP contribution in [0.15, 0.2) is 24.3 Å². The van der Waals surface area contributed by atoms with Crippen LogP contribution in [0.1, 0.15) is 61.9 Å². The van der Waals surface area contributed by atoms with Crippen LogP contribution in [-0.4, -0.2) is 11.9 Å². The van der Waals surface area contributed by atoms with Crippen molar-refractivity contribution in [2.75, 3.05) is 0 Å². The van der Waals surface area contributed by atoms with Crippen LogP contribution in [0.2, 0.25) is 0 Å². The fourth-order valence-corrected chi connectivity index (χ4v) is 3.45. The Kier molecular flexibility index (Phi) is 5.80. The summed E-state index contributed by atoms with van der Waals surface area (Å²) in [6, 6.07) is 8.22. The van der Waals surface area contributed by atoms with Crippen molar-refractivity contribution in [3.05, 3.63) is 35.4 Å². The number of rotatable bonds is 6. The molecule has 1 saturated carbocycles. The summed E-state index contributed by atoms with van der Waals surface area (Å²) in [6.45, 7) is 5.44. The van der Waals surface area contributed by atoms with E-state index in [4.69, 9.17) is 5.73 Å². The Balaban J connectivity index is 1.85. The van der Waals surface area contributed by atoms with Crippen molar-refractivity contribution < 1.29 is 4.79 Å². The summed E-state index contributed by atoms with van der Waals surface area (Å²) in [4.78, 5) is 11.2. The van der Waals surface area contributed by atoms with Gasteiger partial charge >= 0.3 is 0 Å². The molecule has 1 aromatic carbocycles. The largest absolute Gasteiger partial charge is 0.366 e. The smallest absolute Gasteiger partial charge is 0.248 e. The number of carbonyl (C=O) groups is 1. The predicted molar refractivity (Wildman–Crippen MR) is 87.0 cm³/mol. The Morgan fingerprint density at radius 2 is 2.19 bits per heavy atom. The van der Waals surface area contributed by atoms with E-state index in [0.29, 0.717) is 11.6 Å². The first kappa shape index (κ1) is 16.0. The molecule has 2 atom stereocenters. The minimum absolute atomic E-state index is 0.355. The van der Waals surface area contributed by atoms with E-state index in [0.717, 1.165) is 23.9 Å². The van der Waals surface area contributed by atoms with Crippen molar-refractivity contribution in [3.63, 3.8) is 0 Å². The second kappa shape index (κ2) is 7.60. The van der Waals surface area contributed by atoms with Crippen molar-refractivity contribution in [3.8, 4) is 0 Å². The third-order valence-electron chi connectivity index (χ3n) is 4.39. The van der Waals surface area contributed by atoms with Crippen LogP contribution in [0, 0.1) is 11.8 Å². The van der Waals surface area contributed by atoms with Crippen LogP contribution in [0.3, 0.4) is 0 Å². The van der Waals surface area contributed by atoms with E-state index in [1.165, 1.54) is 32.1 Å². The van der Waals surface area contributed by atoms with Crippen molar-refractivity contribution in [2.24, 2.45) is 17.6 Å². The molecule has 0 radical (unpaired) electrons. The molecule has 1 aromatic rings.